The minimum Gasteiger partial charge on any atom is -0.369 e. The van der Waals surface area contributed by atoms with Crippen LogP contribution in [0.25, 0.3) is 0 Å². The maximum absolute atomic E-state index is 12.8. The molecule has 0 spiro atoms. The van der Waals surface area contributed by atoms with Gasteiger partial charge in [-0.05, 0) is 44.1 Å². The number of anilines is 3. The lowest BCUT2D eigenvalue weighted by Gasteiger charge is -2.31. The Morgan fingerprint density at radius 1 is 0.966 bits per heavy atom. The molecule has 2 aliphatic heterocycles. The van der Waals surface area contributed by atoms with E-state index in [9.17, 15) is 13.2 Å². The molecule has 29 heavy (non-hydrogen) atoms. The third-order valence-corrected chi connectivity index (χ3v) is 5.42. The minimum atomic E-state index is -4.39. The maximum atomic E-state index is 12.8. The Bertz CT molecular complexity index is 776. The lowest BCUT2D eigenvalue weighted by molar-refractivity contribution is -0.137. The van der Waals surface area contributed by atoms with Gasteiger partial charge in [-0.25, -0.2) is 9.97 Å². The van der Waals surface area contributed by atoms with E-state index < -0.39 is 11.7 Å². The molecule has 2 aliphatic rings. The van der Waals surface area contributed by atoms with E-state index in [0.29, 0.717) is 17.6 Å². The molecule has 6 nitrogen and oxygen atoms in total. The van der Waals surface area contributed by atoms with E-state index in [-0.39, 0.29) is 0 Å². The standard InChI is InChI=1S/C20H25F3N6/c21-20(22,23)15-1-2-18(26-13-15)28-19-12-16(29-9-7-25-8-10-29)11-17(27-19)14-3-5-24-6-4-14/h1-2,11-14,24-25H,3-10H2,(H,26,27,28). The number of hydrogen-bond acceptors (Lipinski definition) is 6. The van der Waals surface area contributed by atoms with Crippen LogP contribution in [0.3, 0.4) is 0 Å². The van der Waals surface area contributed by atoms with Crippen LogP contribution in [0.2, 0.25) is 0 Å². The monoisotopic (exact) mass is 406 g/mol. The van der Waals surface area contributed by atoms with E-state index in [0.717, 1.165) is 75.8 Å². The van der Waals surface area contributed by atoms with E-state index in [1.165, 1.54) is 6.07 Å². The van der Waals surface area contributed by atoms with Gasteiger partial charge in [-0.2, -0.15) is 13.2 Å². The summed E-state index contributed by atoms with van der Waals surface area (Å²) in [6.45, 7) is 5.60. The molecule has 0 unspecified atom stereocenters. The quantitative estimate of drug-likeness (QED) is 0.725. The van der Waals surface area contributed by atoms with Gasteiger partial charge in [-0.3, -0.25) is 0 Å². The van der Waals surface area contributed by atoms with E-state index in [1.54, 1.807) is 0 Å². The molecule has 156 valence electrons. The number of hydrogen-bond donors (Lipinski definition) is 3. The summed E-state index contributed by atoms with van der Waals surface area (Å²) in [4.78, 5) is 11.0. The Balaban J connectivity index is 1.60. The van der Waals surface area contributed by atoms with E-state index in [4.69, 9.17) is 4.98 Å². The molecule has 4 heterocycles. The van der Waals surface area contributed by atoms with Crippen molar-refractivity contribution in [2.24, 2.45) is 0 Å². The lowest BCUT2D eigenvalue weighted by atomic mass is 9.93. The summed E-state index contributed by atoms with van der Waals surface area (Å²) in [5, 5.41) is 9.82. The first-order chi connectivity index (χ1) is 14.0. The highest BCUT2D eigenvalue weighted by molar-refractivity contribution is 5.61. The Morgan fingerprint density at radius 2 is 1.69 bits per heavy atom. The van der Waals surface area contributed by atoms with Crippen LogP contribution < -0.4 is 20.9 Å². The Hall–Kier alpha value is -2.39. The van der Waals surface area contributed by atoms with Crippen LogP contribution in [-0.2, 0) is 6.18 Å². The summed E-state index contributed by atoms with van der Waals surface area (Å²) in [7, 11) is 0. The first-order valence-electron chi connectivity index (χ1n) is 9.98. The molecular formula is C20H25F3N6. The molecule has 0 atom stereocenters. The smallest absolute Gasteiger partial charge is 0.369 e. The van der Waals surface area contributed by atoms with Crippen molar-refractivity contribution in [2.75, 3.05) is 49.5 Å². The lowest BCUT2D eigenvalue weighted by Crippen LogP contribution is -2.43. The highest BCUT2D eigenvalue weighted by Crippen LogP contribution is 2.31. The molecule has 2 fully saturated rings. The second kappa shape index (κ2) is 8.54. The zero-order chi connectivity index (χ0) is 20.3. The Labute approximate surface area is 167 Å². The van der Waals surface area contributed by atoms with Crippen molar-refractivity contribution in [3.8, 4) is 0 Å². The van der Waals surface area contributed by atoms with Crippen LogP contribution in [0.4, 0.5) is 30.5 Å². The van der Waals surface area contributed by atoms with Crippen LogP contribution >= 0.6 is 0 Å². The predicted octanol–water partition coefficient (Wildman–Crippen LogP) is 3.12. The number of halogens is 3. The van der Waals surface area contributed by atoms with Gasteiger partial charge in [0.15, 0.2) is 0 Å². The number of pyridine rings is 2. The molecule has 9 heteroatoms. The van der Waals surface area contributed by atoms with Gasteiger partial charge in [0, 0.05) is 55.7 Å². The molecule has 0 radical (unpaired) electrons. The van der Waals surface area contributed by atoms with Gasteiger partial charge in [0.05, 0.1) is 5.56 Å². The Kier molecular flexibility index (Phi) is 5.86. The molecular weight excluding hydrogens is 381 g/mol. The molecule has 2 saturated heterocycles. The summed E-state index contributed by atoms with van der Waals surface area (Å²) in [6.07, 6.45) is -1.50. The molecule has 0 saturated carbocycles. The van der Waals surface area contributed by atoms with Crippen LogP contribution in [0.5, 0.6) is 0 Å². The summed E-state index contributed by atoms with van der Waals surface area (Å²) in [5.74, 6) is 1.33. The Morgan fingerprint density at radius 3 is 2.34 bits per heavy atom. The summed E-state index contributed by atoms with van der Waals surface area (Å²) in [6, 6.07) is 6.48. The largest absolute Gasteiger partial charge is 0.417 e. The molecule has 2 aromatic heterocycles. The van der Waals surface area contributed by atoms with Gasteiger partial charge >= 0.3 is 6.18 Å². The van der Waals surface area contributed by atoms with Crippen molar-refractivity contribution in [1.82, 2.24) is 20.6 Å². The molecule has 3 N–H and O–H groups in total. The number of aromatic nitrogens is 2. The normalized spacial score (nSPS) is 18.7. The molecule has 4 rings (SSSR count). The van der Waals surface area contributed by atoms with Crippen LogP contribution in [0, 0.1) is 0 Å². The average Bonchev–Trinajstić information content (AvgIpc) is 2.74. The summed E-state index contributed by atoms with van der Waals surface area (Å²) < 4.78 is 38.3. The first kappa shape index (κ1) is 19.9. The highest BCUT2D eigenvalue weighted by atomic mass is 19.4. The molecule has 0 amide bonds. The highest BCUT2D eigenvalue weighted by Gasteiger charge is 2.30. The summed E-state index contributed by atoms with van der Waals surface area (Å²) in [5.41, 5.74) is 1.35. The number of nitrogens with one attached hydrogen (secondary N) is 3. The van der Waals surface area contributed by atoms with Crippen LogP contribution in [0.15, 0.2) is 30.5 Å². The second-order valence-electron chi connectivity index (χ2n) is 7.45. The van der Waals surface area contributed by atoms with E-state index >= 15 is 0 Å². The van der Waals surface area contributed by atoms with E-state index in [1.807, 2.05) is 6.07 Å². The van der Waals surface area contributed by atoms with Gasteiger partial charge in [-0.15, -0.1) is 0 Å². The first-order valence-corrected chi connectivity index (χ1v) is 9.98. The molecule has 2 aromatic rings. The van der Waals surface area contributed by atoms with Gasteiger partial charge in [0.1, 0.15) is 11.6 Å². The van der Waals surface area contributed by atoms with Gasteiger partial charge in [0.2, 0.25) is 0 Å². The van der Waals surface area contributed by atoms with E-state index in [2.05, 4.69) is 31.9 Å². The fraction of sp³-hybridized carbons (Fsp3) is 0.500. The second-order valence-corrected chi connectivity index (χ2v) is 7.45. The SMILES string of the molecule is FC(F)(F)c1ccc(Nc2cc(N3CCNCC3)cc(C3CCNCC3)n2)nc1. The van der Waals surface area contributed by atoms with Crippen molar-refractivity contribution in [2.45, 2.75) is 24.9 Å². The van der Waals surface area contributed by atoms with Crippen molar-refractivity contribution >= 4 is 17.3 Å². The van der Waals surface area contributed by atoms with Crippen LogP contribution in [-0.4, -0.2) is 49.2 Å². The van der Waals surface area contributed by atoms with Gasteiger partial charge in [0.25, 0.3) is 0 Å². The summed E-state index contributed by atoms with van der Waals surface area (Å²) >= 11 is 0. The minimum absolute atomic E-state index is 0.347. The number of piperidine rings is 1. The third-order valence-electron chi connectivity index (χ3n) is 5.42. The predicted molar refractivity (Wildman–Crippen MR) is 107 cm³/mol. The number of alkyl halides is 3. The van der Waals surface area contributed by atoms with Gasteiger partial charge in [-0.1, -0.05) is 0 Å². The third kappa shape index (κ3) is 4.97. The fourth-order valence-electron chi connectivity index (χ4n) is 3.80. The number of rotatable bonds is 4. The molecule has 0 bridgehead atoms. The zero-order valence-corrected chi connectivity index (χ0v) is 16.1. The van der Waals surface area contributed by atoms with Crippen molar-refractivity contribution in [3.63, 3.8) is 0 Å². The van der Waals surface area contributed by atoms with Crippen molar-refractivity contribution in [1.29, 1.82) is 0 Å². The topological polar surface area (TPSA) is 65.1 Å². The van der Waals surface area contributed by atoms with Crippen molar-refractivity contribution < 1.29 is 13.2 Å². The molecule has 0 aromatic carbocycles. The molecule has 0 aliphatic carbocycles. The zero-order valence-electron chi connectivity index (χ0n) is 16.1. The maximum Gasteiger partial charge on any atom is 0.417 e. The average molecular weight is 406 g/mol. The van der Waals surface area contributed by atoms with Crippen LogP contribution in [0.1, 0.15) is 30.0 Å². The fourth-order valence-corrected chi connectivity index (χ4v) is 3.80. The van der Waals surface area contributed by atoms with Crippen molar-refractivity contribution in [3.05, 3.63) is 41.7 Å². The number of piperazine rings is 1. The van der Waals surface area contributed by atoms with Gasteiger partial charge < -0.3 is 20.9 Å². The number of nitrogens with zero attached hydrogens (tertiary/aromatic N) is 3.